The van der Waals surface area contributed by atoms with E-state index in [0.29, 0.717) is 6.42 Å². The van der Waals surface area contributed by atoms with E-state index in [9.17, 15) is 4.79 Å². The molecule has 1 N–H and O–H groups in total. The second-order valence-corrected chi connectivity index (χ2v) is 18.1. The van der Waals surface area contributed by atoms with Gasteiger partial charge in [-0.3, -0.25) is 4.79 Å². The van der Waals surface area contributed by atoms with Crippen molar-refractivity contribution in [3.05, 3.63) is 91.0 Å². The summed E-state index contributed by atoms with van der Waals surface area (Å²) in [6.45, 7) is 2.23. The number of carbonyl (C=O) groups is 1. The van der Waals surface area contributed by atoms with Gasteiger partial charge >= 0.3 is 129 Å². The maximum absolute atomic E-state index is 10.2. The molecule has 0 saturated heterocycles. The van der Waals surface area contributed by atoms with E-state index in [0.717, 1.165) is 12.8 Å². The van der Waals surface area contributed by atoms with Crippen LogP contribution < -0.4 is 9.37 Å². The Hall–Kier alpha value is -1.95. The SMILES string of the molecule is CCCCCCCCCCCC(=O)O.c1cc[c]([Pb]([c]2ccccc2)[c]2ccccc2)cc1. The first-order valence-corrected chi connectivity index (χ1v) is 18.3. The van der Waals surface area contributed by atoms with E-state index in [2.05, 4.69) is 97.9 Å². The van der Waals surface area contributed by atoms with E-state index < -0.39 is 28.7 Å². The topological polar surface area (TPSA) is 37.3 Å². The Morgan fingerprint density at radius 1 is 0.576 bits per heavy atom. The van der Waals surface area contributed by atoms with E-state index in [-0.39, 0.29) is 0 Å². The van der Waals surface area contributed by atoms with Gasteiger partial charge in [0.05, 0.1) is 0 Å². The summed E-state index contributed by atoms with van der Waals surface area (Å²) in [6.07, 6.45) is 11.5. The van der Waals surface area contributed by atoms with Gasteiger partial charge in [-0.15, -0.1) is 0 Å². The van der Waals surface area contributed by atoms with E-state index in [1.807, 2.05) is 0 Å². The van der Waals surface area contributed by atoms with Crippen LogP contribution in [0.1, 0.15) is 71.1 Å². The first-order valence-electron chi connectivity index (χ1n) is 12.5. The molecule has 0 fully saturated rings. The molecule has 3 rings (SSSR count). The monoisotopic (exact) mass is 639 g/mol. The Labute approximate surface area is 209 Å². The van der Waals surface area contributed by atoms with Crippen LogP contribution in [-0.4, -0.2) is 33.8 Å². The maximum atomic E-state index is 10.2. The number of hydrogen-bond acceptors (Lipinski definition) is 1. The molecule has 3 heteroatoms. The summed E-state index contributed by atoms with van der Waals surface area (Å²) in [4.78, 5) is 10.2. The normalized spacial score (nSPS) is 10.5. The molecule has 0 aliphatic carbocycles. The predicted octanol–water partition coefficient (Wildman–Crippen LogP) is 6.19. The third-order valence-electron chi connectivity index (χ3n) is 5.68. The van der Waals surface area contributed by atoms with E-state index in [1.54, 1.807) is 9.37 Å². The standard InChI is InChI=1S/C12H24O2.3C6H5.Pb/c1-2-3-4-5-6-7-8-9-10-11-12(13)14;3*1-2-4-6-5-3-1;/h2-11H2,1H3,(H,13,14);3*1-5H;. The van der Waals surface area contributed by atoms with Crippen molar-refractivity contribution in [2.75, 3.05) is 0 Å². The molecule has 0 spiro atoms. The van der Waals surface area contributed by atoms with E-state index in [1.165, 1.54) is 44.9 Å². The number of hydrogen-bond donors (Lipinski definition) is 1. The fourth-order valence-electron chi connectivity index (χ4n) is 3.90. The van der Waals surface area contributed by atoms with Crippen molar-refractivity contribution in [2.45, 2.75) is 71.1 Å². The number of aliphatic carboxylic acids is 1. The van der Waals surface area contributed by atoms with Crippen LogP contribution in [0.3, 0.4) is 0 Å². The summed E-state index contributed by atoms with van der Waals surface area (Å²) in [7, 11) is 0. The van der Waals surface area contributed by atoms with Crippen LogP contribution >= 0.6 is 0 Å². The number of carboxylic acid groups (broad SMARTS) is 1. The summed E-state index contributed by atoms with van der Waals surface area (Å²) >= 11 is -2.17. The molecule has 33 heavy (non-hydrogen) atoms. The van der Waals surface area contributed by atoms with Crippen molar-refractivity contribution in [2.24, 2.45) is 0 Å². The Morgan fingerprint density at radius 3 is 1.24 bits per heavy atom. The van der Waals surface area contributed by atoms with E-state index in [4.69, 9.17) is 5.11 Å². The van der Waals surface area contributed by atoms with Crippen LogP contribution in [0.4, 0.5) is 0 Å². The van der Waals surface area contributed by atoms with Gasteiger partial charge in [-0.2, -0.15) is 0 Å². The molecule has 0 heterocycles. The van der Waals surface area contributed by atoms with Gasteiger partial charge in [0.2, 0.25) is 0 Å². The molecular weight excluding hydrogens is 600 g/mol. The number of rotatable bonds is 13. The summed E-state index contributed by atoms with van der Waals surface area (Å²) < 4.78 is 4.64. The fourth-order valence-corrected chi connectivity index (χ4v) is 13.9. The van der Waals surface area contributed by atoms with Gasteiger partial charge in [-0.1, -0.05) is 58.3 Å². The summed E-state index contributed by atoms with van der Waals surface area (Å²) in [5.41, 5.74) is 0. The van der Waals surface area contributed by atoms with Gasteiger partial charge < -0.3 is 5.11 Å². The van der Waals surface area contributed by atoms with Crippen LogP contribution in [-0.2, 0) is 4.79 Å². The first kappa shape index (κ1) is 27.3. The van der Waals surface area contributed by atoms with Crippen molar-refractivity contribution in [3.8, 4) is 0 Å². The van der Waals surface area contributed by atoms with Gasteiger partial charge in [0.25, 0.3) is 0 Å². The van der Waals surface area contributed by atoms with Gasteiger partial charge in [0.15, 0.2) is 0 Å². The molecule has 0 aliphatic rings. The molecule has 0 atom stereocenters. The quantitative estimate of drug-likeness (QED) is 0.179. The number of carboxylic acids is 1. The second kappa shape index (κ2) is 17.5. The minimum absolute atomic E-state index is 0.343. The van der Waals surface area contributed by atoms with Crippen molar-refractivity contribution >= 4 is 38.0 Å². The van der Waals surface area contributed by atoms with Gasteiger partial charge in [0, 0.05) is 6.42 Å². The fraction of sp³-hybridized carbons (Fsp3) is 0.367. The molecule has 0 bridgehead atoms. The summed E-state index contributed by atoms with van der Waals surface area (Å²) in [5.74, 6) is -0.659. The van der Waals surface area contributed by atoms with Crippen LogP contribution in [0.2, 0.25) is 0 Å². The number of benzene rings is 3. The Morgan fingerprint density at radius 2 is 0.909 bits per heavy atom. The molecule has 2 nitrogen and oxygen atoms in total. The Balaban J connectivity index is 0.000000248. The Kier molecular flexibility index (Phi) is 14.5. The zero-order chi connectivity index (χ0) is 23.6. The van der Waals surface area contributed by atoms with Crippen molar-refractivity contribution in [1.29, 1.82) is 0 Å². The van der Waals surface area contributed by atoms with Gasteiger partial charge in [-0.05, 0) is 6.42 Å². The molecule has 0 amide bonds. The van der Waals surface area contributed by atoms with Crippen LogP contribution in [0.5, 0.6) is 0 Å². The molecule has 0 aliphatic heterocycles. The van der Waals surface area contributed by atoms with Crippen molar-refractivity contribution in [1.82, 2.24) is 0 Å². The molecular formula is C30H39O2Pb. The van der Waals surface area contributed by atoms with Crippen LogP contribution in [0.25, 0.3) is 0 Å². The molecule has 3 aromatic rings. The first-order chi connectivity index (χ1) is 16.2. The minimum atomic E-state index is -2.17. The molecule has 1 radical (unpaired) electrons. The molecule has 0 unspecified atom stereocenters. The zero-order valence-corrected chi connectivity index (χ0v) is 24.0. The van der Waals surface area contributed by atoms with E-state index >= 15 is 0 Å². The average molecular weight is 639 g/mol. The van der Waals surface area contributed by atoms with Gasteiger partial charge in [-0.25, -0.2) is 0 Å². The van der Waals surface area contributed by atoms with Crippen molar-refractivity contribution < 1.29 is 9.90 Å². The molecule has 3 aromatic carbocycles. The summed E-state index contributed by atoms with van der Waals surface area (Å²) in [5, 5.41) is 8.41. The van der Waals surface area contributed by atoms with Crippen molar-refractivity contribution in [3.63, 3.8) is 0 Å². The molecule has 0 saturated carbocycles. The predicted molar refractivity (Wildman–Crippen MR) is 143 cm³/mol. The second-order valence-electron chi connectivity index (χ2n) is 8.45. The van der Waals surface area contributed by atoms with Crippen LogP contribution in [0, 0.1) is 0 Å². The zero-order valence-electron chi connectivity index (χ0n) is 20.1. The third kappa shape index (κ3) is 11.7. The third-order valence-corrected chi connectivity index (χ3v) is 16.3. The Bertz CT molecular complexity index is 772. The average Bonchev–Trinajstić information content (AvgIpc) is 2.85. The van der Waals surface area contributed by atoms with Crippen LogP contribution in [0.15, 0.2) is 91.0 Å². The molecule has 175 valence electrons. The molecule has 0 aromatic heterocycles. The summed E-state index contributed by atoms with van der Waals surface area (Å²) in [6, 6.07) is 33.0. The van der Waals surface area contributed by atoms with Gasteiger partial charge in [0.1, 0.15) is 0 Å². The number of unbranched alkanes of at least 4 members (excludes halogenated alkanes) is 8.